The minimum Gasteiger partial charge on any atom is -0.468 e. The Kier molecular flexibility index (Phi) is 4.76. The van der Waals surface area contributed by atoms with Gasteiger partial charge in [-0.05, 0) is 6.42 Å². The molecule has 0 aliphatic carbocycles. The molecule has 0 aromatic rings. The van der Waals surface area contributed by atoms with E-state index in [9.17, 15) is 9.59 Å². The highest BCUT2D eigenvalue weighted by Gasteiger charge is 2.26. The van der Waals surface area contributed by atoms with Gasteiger partial charge in [0, 0.05) is 0 Å². The van der Waals surface area contributed by atoms with Crippen molar-refractivity contribution in [2.24, 2.45) is 5.92 Å². The van der Waals surface area contributed by atoms with E-state index in [4.69, 9.17) is 0 Å². The number of esters is 2. The predicted octanol–water partition coefficient (Wildman–Crippen LogP) is 0.525. The van der Waals surface area contributed by atoms with Crippen molar-refractivity contribution in [1.29, 1.82) is 0 Å². The van der Waals surface area contributed by atoms with Gasteiger partial charge in [-0.1, -0.05) is 6.08 Å². The molecule has 4 nitrogen and oxygen atoms in total. The standard InChI is InChI=1S/C8H12O4/c1-4-5-6(7(9)11-2)8(10)12-3/h4,6H,1,5H2,2-3H3/i5+1. The second-order valence-corrected chi connectivity index (χ2v) is 2.12. The van der Waals surface area contributed by atoms with Crippen LogP contribution in [-0.2, 0) is 19.1 Å². The van der Waals surface area contributed by atoms with Gasteiger partial charge in [0.2, 0.25) is 0 Å². The first-order valence-corrected chi connectivity index (χ1v) is 3.44. The van der Waals surface area contributed by atoms with E-state index in [1.54, 1.807) is 0 Å². The Morgan fingerprint density at radius 2 is 1.75 bits per heavy atom. The average molecular weight is 173 g/mol. The lowest BCUT2D eigenvalue weighted by molar-refractivity contribution is -0.158. The van der Waals surface area contributed by atoms with Crippen molar-refractivity contribution in [3.05, 3.63) is 12.7 Å². The summed E-state index contributed by atoms with van der Waals surface area (Å²) in [5.41, 5.74) is 0. The quantitative estimate of drug-likeness (QED) is 0.269. The van der Waals surface area contributed by atoms with E-state index >= 15 is 0 Å². The molecule has 0 amide bonds. The van der Waals surface area contributed by atoms with Crippen LogP contribution in [0.4, 0.5) is 0 Å². The molecule has 0 spiro atoms. The average Bonchev–Trinajstić information content (AvgIpc) is 2.11. The van der Waals surface area contributed by atoms with E-state index in [0.717, 1.165) is 0 Å². The number of rotatable bonds is 4. The van der Waals surface area contributed by atoms with Crippen LogP contribution in [0.15, 0.2) is 12.7 Å². The van der Waals surface area contributed by atoms with E-state index in [0.29, 0.717) is 0 Å². The fourth-order valence-corrected chi connectivity index (χ4v) is 0.740. The molecule has 0 aromatic heterocycles. The SMILES string of the molecule is C=C[13CH2]C(C(=O)OC)C(=O)OC. The summed E-state index contributed by atoms with van der Waals surface area (Å²) in [5, 5.41) is 0. The Morgan fingerprint density at radius 3 is 2.00 bits per heavy atom. The molecule has 0 fully saturated rings. The van der Waals surface area contributed by atoms with Crippen molar-refractivity contribution in [1.82, 2.24) is 0 Å². The largest absolute Gasteiger partial charge is 0.468 e. The molecule has 0 aliphatic heterocycles. The lowest BCUT2D eigenvalue weighted by Crippen LogP contribution is -2.25. The summed E-state index contributed by atoms with van der Waals surface area (Å²) in [6.45, 7) is 3.42. The first kappa shape index (κ1) is 10.7. The number of carbonyl (C=O) groups excluding carboxylic acids is 2. The van der Waals surface area contributed by atoms with Crippen LogP contribution in [0.5, 0.6) is 0 Å². The van der Waals surface area contributed by atoms with Gasteiger partial charge in [0.1, 0.15) is 0 Å². The highest BCUT2D eigenvalue weighted by molar-refractivity contribution is 5.94. The molecule has 0 aliphatic rings. The smallest absolute Gasteiger partial charge is 0.320 e. The summed E-state index contributed by atoms with van der Waals surface area (Å²) in [7, 11) is 2.45. The van der Waals surface area contributed by atoms with Gasteiger partial charge in [-0.2, -0.15) is 0 Å². The van der Waals surface area contributed by atoms with Crippen LogP contribution in [-0.4, -0.2) is 26.2 Å². The van der Waals surface area contributed by atoms with Gasteiger partial charge in [-0.15, -0.1) is 6.58 Å². The highest BCUT2D eigenvalue weighted by Crippen LogP contribution is 2.07. The van der Waals surface area contributed by atoms with Crippen molar-refractivity contribution in [3.8, 4) is 0 Å². The molecule has 4 heteroatoms. The van der Waals surface area contributed by atoms with Crippen molar-refractivity contribution < 1.29 is 19.1 Å². The van der Waals surface area contributed by atoms with Crippen LogP contribution in [0.2, 0.25) is 0 Å². The fourth-order valence-electron chi connectivity index (χ4n) is 0.740. The van der Waals surface area contributed by atoms with Crippen LogP contribution < -0.4 is 0 Å². The maximum atomic E-state index is 10.9. The van der Waals surface area contributed by atoms with E-state index in [-0.39, 0.29) is 6.42 Å². The molecule has 0 aromatic carbocycles. The molecule has 0 bridgehead atoms. The molecular weight excluding hydrogens is 161 g/mol. The Morgan fingerprint density at radius 1 is 1.33 bits per heavy atom. The van der Waals surface area contributed by atoms with Gasteiger partial charge in [0.05, 0.1) is 14.2 Å². The molecule has 0 rings (SSSR count). The Hall–Kier alpha value is -1.32. The van der Waals surface area contributed by atoms with Crippen molar-refractivity contribution in [2.45, 2.75) is 6.42 Å². The van der Waals surface area contributed by atoms with E-state index in [2.05, 4.69) is 16.1 Å². The van der Waals surface area contributed by atoms with Crippen LogP contribution in [0.1, 0.15) is 6.42 Å². The Bertz CT molecular complexity index is 169. The number of hydrogen-bond acceptors (Lipinski definition) is 4. The predicted molar refractivity (Wildman–Crippen MR) is 42.3 cm³/mol. The molecule has 0 saturated carbocycles. The number of allylic oxidation sites excluding steroid dienone is 1. The molecular formula is C8H12O4. The van der Waals surface area contributed by atoms with Gasteiger partial charge in [0.25, 0.3) is 0 Å². The van der Waals surface area contributed by atoms with Crippen LogP contribution >= 0.6 is 0 Å². The van der Waals surface area contributed by atoms with E-state index in [1.807, 2.05) is 0 Å². The molecule has 0 N–H and O–H groups in total. The molecule has 0 saturated heterocycles. The van der Waals surface area contributed by atoms with Gasteiger partial charge >= 0.3 is 11.9 Å². The zero-order chi connectivity index (χ0) is 9.56. The highest BCUT2D eigenvalue weighted by atomic mass is 16.5. The Balaban J connectivity index is 4.31. The van der Waals surface area contributed by atoms with Gasteiger partial charge in [-0.25, -0.2) is 0 Å². The van der Waals surface area contributed by atoms with E-state index < -0.39 is 17.9 Å². The summed E-state index contributed by atoms with van der Waals surface area (Å²) >= 11 is 0. The third-order valence-electron chi connectivity index (χ3n) is 1.37. The van der Waals surface area contributed by atoms with Gasteiger partial charge in [0.15, 0.2) is 5.92 Å². The second kappa shape index (κ2) is 5.35. The lowest BCUT2D eigenvalue weighted by Gasteiger charge is -2.08. The van der Waals surface area contributed by atoms with Crippen LogP contribution in [0.25, 0.3) is 0 Å². The monoisotopic (exact) mass is 173 g/mol. The van der Waals surface area contributed by atoms with Crippen molar-refractivity contribution >= 4 is 11.9 Å². The molecule has 12 heavy (non-hydrogen) atoms. The zero-order valence-corrected chi connectivity index (χ0v) is 7.20. The molecule has 0 radical (unpaired) electrons. The first-order chi connectivity index (χ1) is 5.67. The van der Waals surface area contributed by atoms with Crippen LogP contribution in [0.3, 0.4) is 0 Å². The Labute approximate surface area is 71.2 Å². The topological polar surface area (TPSA) is 52.6 Å². The van der Waals surface area contributed by atoms with Gasteiger partial charge in [-0.3, -0.25) is 9.59 Å². The summed E-state index contributed by atoms with van der Waals surface area (Å²) in [6, 6.07) is 0. The van der Waals surface area contributed by atoms with Gasteiger partial charge < -0.3 is 9.47 Å². The normalized spacial score (nSPS) is 9.25. The maximum Gasteiger partial charge on any atom is 0.320 e. The number of hydrogen-bond donors (Lipinski definition) is 0. The summed E-state index contributed by atoms with van der Waals surface area (Å²) in [5.74, 6) is -2.07. The second-order valence-electron chi connectivity index (χ2n) is 2.12. The number of carbonyl (C=O) groups is 2. The minimum atomic E-state index is -0.877. The molecule has 0 atom stereocenters. The number of ether oxygens (including phenoxy) is 2. The van der Waals surface area contributed by atoms with Crippen LogP contribution in [0, 0.1) is 5.92 Å². The maximum absolute atomic E-state index is 10.9. The molecule has 0 unspecified atom stereocenters. The van der Waals surface area contributed by atoms with Crippen molar-refractivity contribution in [2.75, 3.05) is 14.2 Å². The fraction of sp³-hybridized carbons (Fsp3) is 0.500. The third-order valence-corrected chi connectivity index (χ3v) is 1.37. The third kappa shape index (κ3) is 2.74. The lowest BCUT2D eigenvalue weighted by atomic mass is 10.2. The number of methoxy groups -OCH3 is 2. The van der Waals surface area contributed by atoms with Crippen molar-refractivity contribution in [3.63, 3.8) is 0 Å². The molecule has 68 valence electrons. The summed E-state index contributed by atoms with van der Waals surface area (Å²) < 4.78 is 8.80. The summed E-state index contributed by atoms with van der Waals surface area (Å²) in [6.07, 6.45) is 1.71. The zero-order valence-electron chi connectivity index (χ0n) is 7.20. The summed E-state index contributed by atoms with van der Waals surface area (Å²) in [4.78, 5) is 21.9. The van der Waals surface area contributed by atoms with E-state index in [1.165, 1.54) is 20.3 Å². The first-order valence-electron chi connectivity index (χ1n) is 3.44. The molecule has 0 heterocycles. The minimum absolute atomic E-state index is 0.235.